The number of esters is 1. The van der Waals surface area contributed by atoms with Crippen molar-refractivity contribution in [3.63, 3.8) is 0 Å². The van der Waals surface area contributed by atoms with Crippen LogP contribution in [0.2, 0.25) is 0 Å². The van der Waals surface area contributed by atoms with E-state index in [0.29, 0.717) is 37.9 Å². The highest BCUT2D eigenvalue weighted by Crippen LogP contribution is 2.61. The molecule has 264 valence electrons. The number of likely N-dealkylation sites (tertiary alicyclic amines) is 1. The minimum Gasteiger partial charge on any atom is -0.455 e. The normalized spacial score (nSPS) is 27.6. The zero-order valence-electron chi connectivity index (χ0n) is 28.5. The van der Waals surface area contributed by atoms with Crippen LogP contribution in [0.25, 0.3) is 0 Å². The molecule has 48 heavy (non-hydrogen) atoms. The van der Waals surface area contributed by atoms with E-state index in [9.17, 15) is 24.3 Å². The Kier molecular flexibility index (Phi) is 13.4. The number of aliphatic hydroxyl groups excluding tert-OH is 1. The van der Waals surface area contributed by atoms with Gasteiger partial charge in [-0.25, -0.2) is 0 Å². The van der Waals surface area contributed by atoms with Crippen molar-refractivity contribution < 1.29 is 33.8 Å². The maximum Gasteiger partial charge on any atom is 0.313 e. The van der Waals surface area contributed by atoms with E-state index in [0.717, 1.165) is 19.3 Å². The number of amides is 3. The number of benzene rings is 1. The number of nitrogens with zero attached hydrogens (tertiary/aromatic N) is 2. The van der Waals surface area contributed by atoms with Gasteiger partial charge in [-0.2, -0.15) is 0 Å². The number of fused-ring (bicyclic) bond motifs is 1. The predicted octanol–water partition coefficient (Wildman–Crippen LogP) is 4.71. The molecule has 0 aliphatic carbocycles. The van der Waals surface area contributed by atoms with Crippen molar-refractivity contribution in [2.24, 2.45) is 17.8 Å². The van der Waals surface area contributed by atoms with Crippen molar-refractivity contribution in [1.82, 2.24) is 15.1 Å². The van der Waals surface area contributed by atoms with Crippen LogP contribution in [0.4, 0.5) is 0 Å². The van der Waals surface area contributed by atoms with E-state index >= 15 is 0 Å². The van der Waals surface area contributed by atoms with Crippen LogP contribution in [0, 0.1) is 17.8 Å². The van der Waals surface area contributed by atoms with E-state index in [1.165, 1.54) is 4.90 Å². The van der Waals surface area contributed by atoms with Crippen molar-refractivity contribution in [3.8, 4) is 0 Å². The summed E-state index contributed by atoms with van der Waals surface area (Å²) >= 11 is 3.73. The second-order valence-corrected chi connectivity index (χ2v) is 14.5. The topological polar surface area (TPSA) is 125 Å². The number of carbonyl (C=O) groups is 4. The molecule has 1 unspecified atom stereocenters. The Hall–Kier alpha value is -3.02. The number of nitrogens with one attached hydrogen (secondary N) is 1. The van der Waals surface area contributed by atoms with Gasteiger partial charge in [-0.05, 0) is 30.7 Å². The molecule has 11 heteroatoms. The Labute approximate surface area is 293 Å². The number of hydrogen-bond donors (Lipinski definition) is 2. The third-order valence-corrected chi connectivity index (χ3v) is 11.1. The van der Waals surface area contributed by atoms with Crippen LogP contribution >= 0.6 is 15.9 Å². The van der Waals surface area contributed by atoms with Crippen molar-refractivity contribution in [2.45, 2.75) is 100 Å². The third kappa shape index (κ3) is 7.58. The Bertz CT molecular complexity index is 1310. The molecule has 0 aromatic heterocycles. The molecule has 3 aliphatic rings. The third-order valence-electron chi connectivity index (χ3n) is 10.3. The van der Waals surface area contributed by atoms with Crippen molar-refractivity contribution in [1.29, 1.82) is 0 Å². The summed E-state index contributed by atoms with van der Waals surface area (Å²) in [4.78, 5) is 59.1. The summed E-state index contributed by atoms with van der Waals surface area (Å²) in [7, 11) is 0. The average molecular weight is 731 g/mol. The highest BCUT2D eigenvalue weighted by Gasteiger charge is 2.77. The fourth-order valence-electron chi connectivity index (χ4n) is 7.60. The lowest BCUT2D eigenvalue weighted by Gasteiger charge is -2.41. The van der Waals surface area contributed by atoms with Crippen LogP contribution < -0.4 is 5.32 Å². The molecule has 3 fully saturated rings. The zero-order chi connectivity index (χ0) is 35.0. The summed E-state index contributed by atoms with van der Waals surface area (Å²) < 4.78 is 12.9. The van der Waals surface area contributed by atoms with Gasteiger partial charge in [-0.1, -0.05) is 98.4 Å². The van der Waals surface area contributed by atoms with Gasteiger partial charge in [0.1, 0.15) is 17.7 Å². The van der Waals surface area contributed by atoms with E-state index in [1.54, 1.807) is 17.1 Å². The quantitative estimate of drug-likeness (QED) is 0.0915. The molecule has 10 nitrogen and oxygen atoms in total. The Morgan fingerprint density at radius 1 is 1.21 bits per heavy atom. The number of ether oxygens (including phenoxy) is 2. The van der Waals surface area contributed by atoms with Crippen LogP contribution in [0.15, 0.2) is 55.6 Å². The fraction of sp³-hybridized carbons (Fsp3) is 0.622. The molecule has 3 amide bonds. The van der Waals surface area contributed by atoms with E-state index in [1.807, 2.05) is 44.2 Å². The predicted molar refractivity (Wildman–Crippen MR) is 187 cm³/mol. The van der Waals surface area contributed by atoms with Crippen LogP contribution in [0.1, 0.15) is 77.4 Å². The number of aliphatic hydroxyl groups is 1. The first-order chi connectivity index (χ1) is 23.1. The lowest BCUT2D eigenvalue weighted by atomic mass is 9.70. The summed E-state index contributed by atoms with van der Waals surface area (Å²) in [5, 5.41) is 13.5. The van der Waals surface area contributed by atoms with E-state index in [-0.39, 0.29) is 48.0 Å². The van der Waals surface area contributed by atoms with Crippen molar-refractivity contribution in [2.75, 3.05) is 26.2 Å². The van der Waals surface area contributed by atoms with Gasteiger partial charge in [-0.15, -0.1) is 13.2 Å². The summed E-state index contributed by atoms with van der Waals surface area (Å²) in [6.45, 7) is 14.1. The number of unbranched alkanes of at least 4 members (excludes halogenated alkanes) is 2. The van der Waals surface area contributed by atoms with Gasteiger partial charge in [0, 0.05) is 24.3 Å². The molecule has 9 atom stereocenters. The Morgan fingerprint density at radius 3 is 2.56 bits per heavy atom. The van der Waals surface area contributed by atoms with Crippen LogP contribution in [-0.2, 0) is 28.7 Å². The smallest absolute Gasteiger partial charge is 0.313 e. The minimum atomic E-state index is -1.29. The van der Waals surface area contributed by atoms with E-state index in [4.69, 9.17) is 9.47 Å². The molecule has 1 aromatic carbocycles. The van der Waals surface area contributed by atoms with Crippen LogP contribution in [0.3, 0.4) is 0 Å². The van der Waals surface area contributed by atoms with Crippen LogP contribution in [0.5, 0.6) is 0 Å². The van der Waals surface area contributed by atoms with Crippen molar-refractivity contribution in [3.05, 3.63) is 61.2 Å². The highest BCUT2D eigenvalue weighted by molar-refractivity contribution is 9.09. The van der Waals surface area contributed by atoms with Crippen LogP contribution in [-0.4, -0.2) is 93.5 Å². The summed E-state index contributed by atoms with van der Waals surface area (Å²) in [5.74, 6) is -3.55. The summed E-state index contributed by atoms with van der Waals surface area (Å²) in [6.07, 6.45) is 6.36. The number of hydrogen-bond acceptors (Lipinski definition) is 7. The van der Waals surface area contributed by atoms with Gasteiger partial charge in [0.25, 0.3) is 0 Å². The lowest BCUT2D eigenvalue weighted by Crippen LogP contribution is -2.60. The number of rotatable bonds is 19. The SMILES string of the molecule is C=CCCC(=O)NC[C@@H](OC(=O)[C@H]1[C@@H]2O[C@@]3(CC2Br)[C@@H]1C(=O)N([C@@H](CO)[C@@H](C)CC)[C@@H]3C(=O)N(CC=C)CCCCC)c1ccccc1. The first-order valence-corrected chi connectivity index (χ1v) is 18.3. The Morgan fingerprint density at radius 2 is 1.94 bits per heavy atom. The highest BCUT2D eigenvalue weighted by atomic mass is 79.9. The van der Waals surface area contributed by atoms with Crippen molar-refractivity contribution >= 4 is 39.6 Å². The molecule has 1 aromatic rings. The number of carbonyl (C=O) groups excluding carboxylic acids is 4. The molecule has 0 saturated carbocycles. The van der Waals surface area contributed by atoms with Gasteiger partial charge in [0.05, 0.1) is 37.1 Å². The minimum absolute atomic E-state index is 0.0492. The summed E-state index contributed by atoms with van der Waals surface area (Å²) in [6, 6.07) is 7.47. The van der Waals surface area contributed by atoms with Gasteiger partial charge in [-0.3, -0.25) is 19.2 Å². The fourth-order valence-corrected chi connectivity index (χ4v) is 8.55. The summed E-state index contributed by atoms with van der Waals surface area (Å²) in [5.41, 5.74) is -0.594. The first-order valence-electron chi connectivity index (χ1n) is 17.4. The Balaban J connectivity index is 1.71. The standard InChI is InChI=1S/C37H52BrN3O7/c1-6-10-15-20-40(19-8-3)35(45)33-37-21-26(38)32(48-37)30(31(37)34(44)41(33)27(23-42)24(5)9-4)36(46)47-28(25-16-13-12-14-17-25)22-39-29(43)18-11-7-2/h7-8,12-14,16-17,24,26-28,30-33,42H,2-3,6,9-11,15,18-23H2,1,4-5H3,(H,39,43)/t24-,26?,27-,28+,30+,31-,32+,33+,37-/m0/s1. The van der Waals surface area contributed by atoms with E-state index < -0.39 is 47.7 Å². The zero-order valence-corrected chi connectivity index (χ0v) is 30.1. The van der Waals surface area contributed by atoms with Gasteiger partial charge in [0.15, 0.2) is 0 Å². The molecule has 3 heterocycles. The average Bonchev–Trinajstić information content (AvgIpc) is 3.68. The monoisotopic (exact) mass is 729 g/mol. The van der Waals surface area contributed by atoms with Gasteiger partial charge < -0.3 is 29.7 Å². The molecule has 3 saturated heterocycles. The van der Waals surface area contributed by atoms with Gasteiger partial charge >= 0.3 is 5.97 Å². The lowest BCUT2D eigenvalue weighted by molar-refractivity contribution is -0.161. The molecule has 0 radical (unpaired) electrons. The van der Waals surface area contributed by atoms with Gasteiger partial charge in [0.2, 0.25) is 17.7 Å². The maximum absolute atomic E-state index is 14.7. The number of halogens is 1. The first kappa shape index (κ1) is 37.8. The second kappa shape index (κ2) is 17.1. The molecule has 3 aliphatic heterocycles. The second-order valence-electron chi connectivity index (χ2n) is 13.3. The molecule has 1 spiro atoms. The number of alkyl halides is 1. The maximum atomic E-state index is 14.7. The molecule has 4 rings (SSSR count). The molecular formula is C37H52BrN3O7. The molecule has 2 bridgehead atoms. The largest absolute Gasteiger partial charge is 0.455 e. The molecule has 2 N–H and O–H groups in total. The van der Waals surface area contributed by atoms with E-state index in [2.05, 4.69) is 41.3 Å². The molecular weight excluding hydrogens is 678 g/mol. The number of allylic oxidation sites excluding steroid dienone is 1.